The normalized spacial score (nSPS) is 13.2. The minimum absolute atomic E-state index is 0. The van der Waals surface area contributed by atoms with Crippen molar-refractivity contribution in [2.45, 2.75) is 13.7 Å². The van der Waals surface area contributed by atoms with Crippen molar-refractivity contribution in [3.63, 3.8) is 0 Å². The second-order valence-corrected chi connectivity index (χ2v) is 33.1. The first-order chi connectivity index (χ1) is 54.5. The Balaban J connectivity index is 0.000000169. The molecule has 0 aliphatic heterocycles. The molecule has 12 heteroatoms. The van der Waals surface area contributed by atoms with Gasteiger partial charge in [0.25, 0.3) is 0 Å². The van der Waals surface area contributed by atoms with Crippen LogP contribution in [0.2, 0.25) is 0 Å². The Kier molecular flexibility index (Phi) is 15.8. The van der Waals surface area contributed by atoms with E-state index in [-0.39, 0.29) is 53.3 Å². The summed E-state index contributed by atoms with van der Waals surface area (Å²) in [5.74, 6) is 1.03. The third-order valence-electron chi connectivity index (χ3n) is 19.9. The van der Waals surface area contributed by atoms with Gasteiger partial charge in [0.1, 0.15) is 33.5 Å². The van der Waals surface area contributed by atoms with Crippen molar-refractivity contribution in [2.24, 2.45) is 6.98 Å². The Morgan fingerprint density at radius 3 is 1.10 bits per heavy atom. The largest absolute Gasteiger partial charge is 0.319 e. The Labute approximate surface area is 653 Å². The molecule has 0 aliphatic carbocycles. The number of imidazole rings is 2. The molecule has 510 valence electrons. The maximum absolute atomic E-state index is 8.28. The average Bonchev–Trinajstić information content (AvgIpc) is 1.47. The first kappa shape index (κ1) is 58.0. The van der Waals surface area contributed by atoms with Gasteiger partial charge in [-0.25, -0.2) is 23.7 Å². The van der Waals surface area contributed by atoms with Gasteiger partial charge < -0.3 is 9.13 Å². The van der Waals surface area contributed by atoms with Gasteiger partial charge in [0, 0.05) is 121 Å². The van der Waals surface area contributed by atoms with Crippen LogP contribution in [-0.2, 0) is 49.1 Å². The van der Waals surface area contributed by atoms with E-state index in [1.54, 1.807) is 43.0 Å². The molecule has 19 aromatic rings. The molecule has 0 saturated carbocycles. The minimum atomic E-state index is -3.26. The van der Waals surface area contributed by atoms with Crippen LogP contribution in [0, 0.1) is 38.0 Å². The summed E-state index contributed by atoms with van der Waals surface area (Å²) in [5, 5.41) is 12.7. The van der Waals surface area contributed by atoms with Crippen molar-refractivity contribution >= 4 is 123 Å². The summed E-state index contributed by atoms with van der Waals surface area (Å²) in [6.45, 7) is -6.96. The maximum atomic E-state index is 8.28. The number of hydrogen-bond acceptors (Lipinski definition) is 2. The monoisotopic (exact) mass is 1750 g/mol. The number of aromatic nitrogens is 8. The number of rotatable bonds is 13. The summed E-state index contributed by atoms with van der Waals surface area (Å²) in [4.78, 5) is 9.45. The van der Waals surface area contributed by atoms with Crippen LogP contribution in [0.25, 0.3) is 94.4 Å². The fourth-order valence-electron chi connectivity index (χ4n) is 15.4. The van der Waals surface area contributed by atoms with Gasteiger partial charge in [-0.3, -0.25) is 0 Å². The summed E-state index contributed by atoms with van der Waals surface area (Å²) in [5.41, 5.74) is 10.1. The maximum Gasteiger partial charge on any atom is 0.188 e. The van der Waals surface area contributed by atoms with E-state index < -0.39 is 36.8 Å². The van der Waals surface area contributed by atoms with Crippen LogP contribution >= 0.6 is 0 Å². The molecule has 0 bridgehead atoms. The van der Waals surface area contributed by atoms with Gasteiger partial charge >= 0.3 is 0 Å². The van der Waals surface area contributed by atoms with Crippen LogP contribution in [-0.4, -0.2) is 53.5 Å². The number of para-hydroxylation sites is 7. The van der Waals surface area contributed by atoms with Gasteiger partial charge in [0.05, 0.1) is 0 Å². The number of hydrogen-bond donors (Lipinski definition) is 0. The summed E-state index contributed by atoms with van der Waals surface area (Å²) >= 11 is 0. The predicted molar refractivity (Wildman–Crippen MR) is 430 cm³/mol. The molecule has 0 spiro atoms. The average molecular weight is 1750 g/mol. The van der Waals surface area contributed by atoms with Crippen molar-refractivity contribution in [3.8, 4) is 28.7 Å². The Morgan fingerprint density at radius 1 is 0.314 bits per heavy atom. The molecule has 0 saturated heterocycles. The third-order valence-corrected chi connectivity index (χ3v) is 29.1. The fourth-order valence-corrected chi connectivity index (χ4v) is 24.5. The van der Waals surface area contributed by atoms with Gasteiger partial charge in [-0.15, -0.1) is 40.2 Å². The molecule has 13 aromatic carbocycles. The molecule has 0 N–H and O–H groups in total. The molecule has 6 heterocycles. The second-order valence-electron chi connectivity index (χ2n) is 25.7. The van der Waals surface area contributed by atoms with E-state index in [0.29, 0.717) is 22.8 Å². The van der Waals surface area contributed by atoms with E-state index in [1.807, 2.05) is 94.1 Å². The summed E-state index contributed by atoms with van der Waals surface area (Å²) in [6.07, 6.45) is 6.93. The first-order valence-electron chi connectivity index (χ1n) is 38.7. The Morgan fingerprint density at radius 2 is 0.676 bits per heavy atom. The molecule has 105 heavy (non-hydrogen) atoms. The second kappa shape index (κ2) is 28.6. The van der Waals surface area contributed by atoms with Gasteiger partial charge in [-0.1, -0.05) is 199 Å². The molecule has 0 aliphatic rings. The van der Waals surface area contributed by atoms with Crippen molar-refractivity contribution in [1.82, 2.24) is 37.4 Å². The van der Waals surface area contributed by atoms with Crippen molar-refractivity contribution < 1.29 is 54.5 Å². The first-order valence-corrected chi connectivity index (χ1v) is 38.2. The zero-order valence-corrected chi connectivity index (χ0v) is 62.8. The molecule has 0 amide bonds. The predicted octanol–water partition coefficient (Wildman–Crippen LogP) is 15.5. The Hall–Kier alpha value is -11.5. The SMILES string of the molecule is [2H]C([2H])([2H])c1ccnc(-n2c3[c-]c([Si](c4[c-]c(-n5[cH+]n(-c6ccccc6)c6ccccc65)ccc4)(c4ccccc4)c4ccccc4)ccc3c3ccccc32)c1.[2H]C([2H])([2H])c1ccnc(-n2c3[c-]c([Si](c4[c-]c(-n5[cH+]n(C([2H])([2H])[2H])c6ccccc65)ccc4)(c4ccccc4)c4ccccc4)ccc3c3ccccc32)c1.[Pt].[Pt]. The van der Waals surface area contributed by atoms with E-state index in [0.717, 1.165) is 103 Å². The molecule has 0 fully saturated rings. The number of aryl methyl sites for hydroxylation is 3. The van der Waals surface area contributed by atoms with Crippen LogP contribution in [0.1, 0.15) is 23.5 Å². The number of nitrogens with zero attached hydrogens (tertiary/aromatic N) is 8. The van der Waals surface area contributed by atoms with E-state index in [1.165, 1.54) is 14.9 Å². The molecule has 6 aromatic heterocycles. The number of fused-ring (bicyclic) bond motifs is 8. The van der Waals surface area contributed by atoms with E-state index in [9.17, 15) is 0 Å². The molecule has 8 nitrogen and oxygen atoms in total. The van der Waals surface area contributed by atoms with Gasteiger partial charge in [-0.2, -0.15) is 80.8 Å². The van der Waals surface area contributed by atoms with Gasteiger partial charge in [-0.05, 0) is 117 Å². The zero-order valence-electron chi connectivity index (χ0n) is 65.3. The summed E-state index contributed by atoms with van der Waals surface area (Å²) in [7, 11) is -6.43. The molecular weight excluding hydrogens is 1680 g/mol. The van der Waals surface area contributed by atoms with E-state index in [4.69, 9.17) is 22.3 Å². The summed E-state index contributed by atoms with van der Waals surface area (Å²) in [6, 6.07) is 129. The minimum Gasteiger partial charge on any atom is -0.319 e. The standard InChI is InChI=1S/C49H35N4Si.C44H33N4Si.2Pt/c1-36-30-31-50-49(32-36)53-45-25-12-11-24-43(45)44-29-28-42(34-48(44)53)54(39-19-7-3-8-20-39,40-21-9-4-10-22-40)41-23-15-18-38(33-41)52-35-51(37-16-5-2-6-17-37)46-26-13-14-27-47(46)52;1-32-26-27-45-44(28-32)48-40-21-10-9-20-38(40)39-25-24-37(30-43(39)48)49(34-15-5-3-6-16-34,35-17-7-4-8-18-35)36-19-13-14-33(29-36)47-31-46(2)41-22-11-12-23-42(41)47;;/h2-32,35H,1H3;3-28,31H,1-2H3;;/q2*-1;;/i1D3;1D3,2D3;;. The van der Waals surface area contributed by atoms with Crippen LogP contribution < -0.4 is 41.5 Å². The van der Waals surface area contributed by atoms with Crippen molar-refractivity contribution in [3.05, 3.63) is 394 Å². The third kappa shape index (κ3) is 11.7. The van der Waals surface area contributed by atoms with Crippen molar-refractivity contribution in [2.75, 3.05) is 0 Å². The van der Waals surface area contributed by atoms with E-state index >= 15 is 0 Å². The molecule has 19 rings (SSSR count). The van der Waals surface area contributed by atoms with Crippen LogP contribution in [0.15, 0.2) is 359 Å². The van der Waals surface area contributed by atoms with Crippen LogP contribution in [0.4, 0.5) is 0 Å². The topological polar surface area (TPSA) is 55.4 Å². The Bertz CT molecular complexity index is 6680. The molecular formula is C93H68N8Pt2Si2-2. The van der Waals surface area contributed by atoms with Gasteiger partial charge in [0.2, 0.25) is 0 Å². The van der Waals surface area contributed by atoms with Crippen LogP contribution in [0.5, 0.6) is 0 Å². The quantitative estimate of drug-likeness (QED) is 0.0656. The molecule has 0 unspecified atom stereocenters. The fraction of sp³-hybridized carbons (Fsp3) is 0.0323. The van der Waals surface area contributed by atoms with Crippen molar-refractivity contribution in [1.29, 1.82) is 0 Å². The van der Waals surface area contributed by atoms with Gasteiger partial charge in [0.15, 0.2) is 34.7 Å². The molecule has 0 radical (unpaired) electrons. The van der Waals surface area contributed by atoms with E-state index in [2.05, 4.69) is 269 Å². The number of pyridine rings is 2. The number of benzene rings is 13. The van der Waals surface area contributed by atoms with Crippen LogP contribution in [0.3, 0.4) is 0 Å². The molecule has 0 atom stereocenters. The summed E-state index contributed by atoms with van der Waals surface area (Å²) < 4.78 is 85.5. The smallest absolute Gasteiger partial charge is 0.188 e. The zero-order chi connectivity index (χ0) is 76.5.